The number of aromatic nitrogens is 3. The summed E-state index contributed by atoms with van der Waals surface area (Å²) in [6.45, 7) is 5.05. The summed E-state index contributed by atoms with van der Waals surface area (Å²) in [5, 5.41) is 8.75. The number of pyridine rings is 1. The smallest absolute Gasteiger partial charge is 0.319 e. The van der Waals surface area contributed by atoms with E-state index in [-0.39, 0.29) is 18.0 Å². The van der Waals surface area contributed by atoms with E-state index in [4.69, 9.17) is 0 Å². The van der Waals surface area contributed by atoms with Gasteiger partial charge in [-0.25, -0.2) is 4.79 Å². The summed E-state index contributed by atoms with van der Waals surface area (Å²) in [6, 6.07) is 13.5. The number of hydrogen-bond donors (Lipinski definition) is 0. The number of nitrogens with zero attached hydrogens (tertiary/aromatic N) is 7. The minimum Gasteiger partial charge on any atom is -0.335 e. The van der Waals surface area contributed by atoms with Gasteiger partial charge in [0.1, 0.15) is 0 Å². The number of carbonyl (C=O) groups excluding carboxylic acids is 2. The van der Waals surface area contributed by atoms with Crippen LogP contribution in [0.5, 0.6) is 0 Å². The lowest BCUT2D eigenvalue weighted by Crippen LogP contribution is -2.52. The zero-order valence-corrected chi connectivity index (χ0v) is 19.7. The van der Waals surface area contributed by atoms with E-state index < -0.39 is 0 Å². The predicted molar refractivity (Wildman–Crippen MR) is 126 cm³/mol. The zero-order valence-electron chi connectivity index (χ0n) is 19.7. The fraction of sp³-hybridized carbons (Fsp3) is 0.417. The molecule has 1 fully saturated rings. The van der Waals surface area contributed by atoms with Crippen molar-refractivity contribution in [3.8, 4) is 0 Å². The van der Waals surface area contributed by atoms with Crippen molar-refractivity contribution in [1.82, 2.24) is 34.2 Å². The van der Waals surface area contributed by atoms with E-state index in [2.05, 4.69) is 15.1 Å². The molecule has 4 rings (SSSR count). The molecule has 9 heteroatoms. The molecular weight excluding hydrogens is 418 g/mol. The summed E-state index contributed by atoms with van der Waals surface area (Å²) in [5.74, 6) is 0.689. The first-order chi connectivity index (χ1) is 15.9. The van der Waals surface area contributed by atoms with Crippen LogP contribution in [0, 0.1) is 0 Å². The number of rotatable bonds is 5. The monoisotopic (exact) mass is 449 g/mol. The van der Waals surface area contributed by atoms with Crippen molar-refractivity contribution in [1.29, 1.82) is 0 Å². The molecule has 0 spiro atoms. The summed E-state index contributed by atoms with van der Waals surface area (Å²) < 4.78 is 1.88. The summed E-state index contributed by atoms with van der Waals surface area (Å²) in [5.41, 5.74) is 2.35. The van der Waals surface area contributed by atoms with E-state index in [0.717, 1.165) is 17.9 Å². The second-order valence-corrected chi connectivity index (χ2v) is 8.63. The second-order valence-electron chi connectivity index (χ2n) is 8.63. The van der Waals surface area contributed by atoms with Gasteiger partial charge in [0.2, 0.25) is 0 Å². The maximum atomic E-state index is 13.3. The Hall–Kier alpha value is -3.46. The van der Waals surface area contributed by atoms with Crippen molar-refractivity contribution < 1.29 is 9.59 Å². The molecule has 1 saturated heterocycles. The Labute approximate surface area is 194 Å². The number of urea groups is 1. The van der Waals surface area contributed by atoms with Gasteiger partial charge in [-0.1, -0.05) is 30.3 Å². The van der Waals surface area contributed by atoms with E-state index in [1.54, 1.807) is 25.1 Å². The van der Waals surface area contributed by atoms with Gasteiger partial charge in [-0.15, -0.1) is 10.2 Å². The van der Waals surface area contributed by atoms with E-state index in [1.165, 1.54) is 0 Å². The van der Waals surface area contributed by atoms with E-state index in [9.17, 15) is 9.59 Å². The van der Waals surface area contributed by atoms with Crippen molar-refractivity contribution in [3.63, 3.8) is 0 Å². The van der Waals surface area contributed by atoms with E-state index in [1.807, 2.05) is 70.8 Å². The summed E-state index contributed by atoms with van der Waals surface area (Å²) in [6.07, 6.45) is 1.82. The van der Waals surface area contributed by atoms with Crippen molar-refractivity contribution >= 4 is 17.6 Å². The quantitative estimate of drug-likeness (QED) is 0.598. The minimum atomic E-state index is -0.116. The predicted octanol–water partition coefficient (Wildman–Crippen LogP) is 2.36. The zero-order chi connectivity index (χ0) is 23.5. The van der Waals surface area contributed by atoms with Gasteiger partial charge in [-0.05, 0) is 31.7 Å². The van der Waals surface area contributed by atoms with Gasteiger partial charge in [0.15, 0.2) is 11.5 Å². The molecule has 1 aliphatic heterocycles. The number of amides is 3. The third kappa shape index (κ3) is 4.68. The summed E-state index contributed by atoms with van der Waals surface area (Å²) in [4.78, 5) is 33.3. The van der Waals surface area contributed by atoms with Gasteiger partial charge in [0.05, 0.1) is 11.6 Å². The lowest BCUT2D eigenvalue weighted by atomic mass is 10.1. The maximum Gasteiger partial charge on any atom is 0.319 e. The van der Waals surface area contributed by atoms with Crippen LogP contribution in [-0.4, -0.2) is 93.5 Å². The van der Waals surface area contributed by atoms with Gasteiger partial charge < -0.3 is 14.7 Å². The molecule has 1 atom stereocenters. The highest BCUT2D eigenvalue weighted by atomic mass is 16.2. The molecule has 3 aromatic rings. The highest BCUT2D eigenvalue weighted by molar-refractivity contribution is 5.94. The highest BCUT2D eigenvalue weighted by Gasteiger charge is 2.32. The van der Waals surface area contributed by atoms with Crippen molar-refractivity contribution in [2.45, 2.75) is 19.5 Å². The number of carbonyl (C=O) groups is 2. The molecule has 3 amide bonds. The number of fused-ring (bicyclic) bond motifs is 1. The molecule has 0 aliphatic carbocycles. The van der Waals surface area contributed by atoms with Crippen molar-refractivity contribution in [2.24, 2.45) is 0 Å². The van der Waals surface area contributed by atoms with Crippen LogP contribution in [0.4, 0.5) is 4.79 Å². The average molecular weight is 450 g/mol. The Morgan fingerprint density at radius 2 is 1.82 bits per heavy atom. The van der Waals surface area contributed by atoms with Crippen molar-refractivity contribution in [2.75, 3.05) is 47.3 Å². The molecule has 0 bridgehead atoms. The fourth-order valence-corrected chi connectivity index (χ4v) is 4.18. The molecule has 174 valence electrons. The first-order valence-electron chi connectivity index (χ1n) is 11.2. The fourth-order valence-electron chi connectivity index (χ4n) is 4.18. The topological polar surface area (TPSA) is 77.3 Å². The maximum absolute atomic E-state index is 13.3. The molecule has 1 unspecified atom stereocenters. The molecule has 0 radical (unpaired) electrons. The molecule has 33 heavy (non-hydrogen) atoms. The standard InChI is InChI=1S/C24H31N7O2/c1-5-29(15-18-9-7-6-8-10-18)23(32)19-11-12-21-25-26-22(31(21)16-19)20-17-30(14-13-28(20)4)24(33)27(2)3/h6-12,16,20H,5,13-15,17H2,1-4H3. The Kier molecular flexibility index (Phi) is 6.60. The molecular formula is C24H31N7O2. The Morgan fingerprint density at radius 1 is 1.06 bits per heavy atom. The Balaban J connectivity index is 1.61. The van der Waals surface area contributed by atoms with Crippen LogP contribution < -0.4 is 0 Å². The molecule has 9 nitrogen and oxygen atoms in total. The van der Waals surface area contributed by atoms with Gasteiger partial charge in [-0.3, -0.25) is 14.1 Å². The van der Waals surface area contributed by atoms with E-state index in [0.29, 0.717) is 37.4 Å². The SMILES string of the molecule is CCN(Cc1ccccc1)C(=O)c1ccc2nnc(C3CN(C(=O)N(C)C)CCN3C)n2c1. The van der Waals surface area contributed by atoms with Gasteiger partial charge in [0.25, 0.3) is 5.91 Å². The van der Waals surface area contributed by atoms with E-state index >= 15 is 0 Å². The molecule has 0 saturated carbocycles. The number of benzene rings is 1. The average Bonchev–Trinajstić information content (AvgIpc) is 3.25. The minimum absolute atomic E-state index is 0.0164. The normalized spacial score (nSPS) is 16.7. The van der Waals surface area contributed by atoms with Gasteiger partial charge >= 0.3 is 6.03 Å². The van der Waals surface area contributed by atoms with Crippen LogP contribution >= 0.6 is 0 Å². The molecule has 1 aromatic carbocycles. The van der Waals surface area contributed by atoms with Gasteiger partial charge in [0, 0.05) is 53.0 Å². The number of likely N-dealkylation sites (N-methyl/N-ethyl adjacent to an activating group) is 1. The van der Waals surface area contributed by atoms with Crippen molar-refractivity contribution in [3.05, 3.63) is 65.6 Å². The first kappa shape index (κ1) is 22.7. The Morgan fingerprint density at radius 3 is 2.52 bits per heavy atom. The van der Waals surface area contributed by atoms with Crippen LogP contribution in [0.15, 0.2) is 48.7 Å². The van der Waals surface area contributed by atoms with Gasteiger partial charge in [-0.2, -0.15) is 0 Å². The summed E-state index contributed by atoms with van der Waals surface area (Å²) >= 11 is 0. The van der Waals surface area contributed by atoms with Crippen LogP contribution in [0.2, 0.25) is 0 Å². The van der Waals surface area contributed by atoms with Crippen LogP contribution in [-0.2, 0) is 6.54 Å². The second kappa shape index (κ2) is 9.58. The summed E-state index contributed by atoms with van der Waals surface area (Å²) in [7, 11) is 5.54. The first-order valence-corrected chi connectivity index (χ1v) is 11.2. The number of piperazine rings is 1. The third-order valence-corrected chi connectivity index (χ3v) is 6.16. The van der Waals surface area contributed by atoms with Crippen LogP contribution in [0.1, 0.15) is 34.7 Å². The van der Waals surface area contributed by atoms with Crippen LogP contribution in [0.3, 0.4) is 0 Å². The molecule has 2 aromatic heterocycles. The highest BCUT2D eigenvalue weighted by Crippen LogP contribution is 2.24. The lowest BCUT2D eigenvalue weighted by Gasteiger charge is -2.39. The molecule has 0 N–H and O–H groups in total. The lowest BCUT2D eigenvalue weighted by molar-refractivity contribution is 0.0752. The number of hydrogen-bond acceptors (Lipinski definition) is 5. The molecule has 1 aliphatic rings. The Bertz CT molecular complexity index is 1130. The van der Waals surface area contributed by atoms with Crippen LogP contribution in [0.25, 0.3) is 5.65 Å². The molecule has 3 heterocycles. The third-order valence-electron chi connectivity index (χ3n) is 6.16. The largest absolute Gasteiger partial charge is 0.335 e.